The minimum absolute atomic E-state index is 0.0914. The molecular weight excluding hydrogens is 268 g/mol. The first-order valence-electron chi connectivity index (χ1n) is 6.24. The number of thiophene rings is 1. The molecule has 0 aliphatic heterocycles. The number of aryl methyl sites for hydroxylation is 1. The zero-order valence-corrected chi connectivity index (χ0v) is 12.4. The van der Waals surface area contributed by atoms with Crippen LogP contribution in [0.3, 0.4) is 0 Å². The first-order chi connectivity index (χ1) is 8.42. The molecule has 0 bridgehead atoms. The van der Waals surface area contributed by atoms with Gasteiger partial charge in [-0.1, -0.05) is 6.92 Å². The van der Waals surface area contributed by atoms with Crippen LogP contribution in [-0.4, -0.2) is 14.5 Å². The monoisotopic (exact) mass is 288 g/mol. The fourth-order valence-corrected chi connectivity index (χ4v) is 5.18. The second kappa shape index (κ2) is 5.28. The van der Waals surface area contributed by atoms with Crippen LogP contribution in [0.15, 0.2) is 10.3 Å². The van der Waals surface area contributed by atoms with E-state index in [2.05, 4.69) is 11.6 Å². The third-order valence-corrected chi connectivity index (χ3v) is 6.72. The van der Waals surface area contributed by atoms with Gasteiger partial charge in [0, 0.05) is 17.5 Å². The van der Waals surface area contributed by atoms with E-state index in [1.807, 2.05) is 6.92 Å². The number of rotatable bonds is 4. The quantitative estimate of drug-likeness (QED) is 0.890. The molecule has 0 aromatic carbocycles. The van der Waals surface area contributed by atoms with Gasteiger partial charge in [-0.25, -0.2) is 13.1 Å². The molecule has 2 rings (SSSR count). The van der Waals surface area contributed by atoms with Crippen molar-refractivity contribution in [3.8, 4) is 0 Å². The highest BCUT2D eigenvalue weighted by atomic mass is 32.2. The van der Waals surface area contributed by atoms with E-state index in [-0.39, 0.29) is 6.04 Å². The van der Waals surface area contributed by atoms with Gasteiger partial charge in [0.25, 0.3) is 0 Å². The Morgan fingerprint density at radius 1 is 1.50 bits per heavy atom. The van der Waals surface area contributed by atoms with Crippen LogP contribution in [-0.2, 0) is 16.6 Å². The van der Waals surface area contributed by atoms with E-state index in [0.717, 1.165) is 29.7 Å². The molecule has 18 heavy (non-hydrogen) atoms. The first-order valence-corrected chi connectivity index (χ1v) is 8.54. The van der Waals surface area contributed by atoms with Crippen molar-refractivity contribution in [1.82, 2.24) is 4.72 Å². The smallest absolute Gasteiger partial charge is 0.250 e. The maximum atomic E-state index is 12.2. The Balaban J connectivity index is 2.15. The lowest BCUT2D eigenvalue weighted by molar-refractivity contribution is 0.540. The SMILES string of the molecule is Cc1cc(S(=O)(=O)NC2CCC(C)C2)sc1CN. The number of nitrogens with two attached hydrogens (primary N) is 1. The Labute approximate surface area is 113 Å². The molecule has 1 saturated carbocycles. The third kappa shape index (κ3) is 2.93. The van der Waals surface area contributed by atoms with E-state index >= 15 is 0 Å². The molecule has 0 spiro atoms. The van der Waals surface area contributed by atoms with Gasteiger partial charge >= 0.3 is 0 Å². The summed E-state index contributed by atoms with van der Waals surface area (Å²) in [5.41, 5.74) is 6.55. The standard InChI is InChI=1S/C12H20N2O2S2/c1-8-3-4-10(5-8)14-18(15,16)12-6-9(2)11(7-13)17-12/h6,8,10,14H,3-5,7,13H2,1-2H3. The lowest BCUT2D eigenvalue weighted by Crippen LogP contribution is -2.32. The second-order valence-corrected chi connectivity index (χ2v) is 8.19. The zero-order valence-electron chi connectivity index (χ0n) is 10.8. The van der Waals surface area contributed by atoms with Gasteiger partial charge in [0.05, 0.1) is 0 Å². The topological polar surface area (TPSA) is 72.2 Å². The summed E-state index contributed by atoms with van der Waals surface area (Å²) >= 11 is 1.28. The highest BCUT2D eigenvalue weighted by molar-refractivity contribution is 7.91. The Kier molecular flexibility index (Phi) is 4.11. The average molecular weight is 288 g/mol. The van der Waals surface area contributed by atoms with Gasteiger partial charge < -0.3 is 5.73 Å². The Morgan fingerprint density at radius 3 is 2.72 bits per heavy atom. The molecule has 1 aromatic rings. The Hall–Kier alpha value is -0.430. The summed E-state index contributed by atoms with van der Waals surface area (Å²) in [6, 6.07) is 1.81. The number of sulfonamides is 1. The summed E-state index contributed by atoms with van der Waals surface area (Å²) in [4.78, 5) is 0.940. The van der Waals surface area contributed by atoms with E-state index in [1.165, 1.54) is 11.3 Å². The molecule has 1 aliphatic carbocycles. The minimum Gasteiger partial charge on any atom is -0.326 e. The zero-order chi connectivity index (χ0) is 13.3. The molecule has 1 heterocycles. The number of nitrogens with one attached hydrogen (secondary N) is 1. The molecule has 1 aliphatic rings. The van der Waals surface area contributed by atoms with Crippen LogP contribution in [0.25, 0.3) is 0 Å². The average Bonchev–Trinajstić information content (AvgIpc) is 2.84. The van der Waals surface area contributed by atoms with Crippen molar-refractivity contribution in [2.45, 2.75) is 49.9 Å². The van der Waals surface area contributed by atoms with E-state index in [0.29, 0.717) is 16.7 Å². The van der Waals surface area contributed by atoms with Crippen LogP contribution in [0.4, 0.5) is 0 Å². The summed E-state index contributed by atoms with van der Waals surface area (Å²) in [5.74, 6) is 0.613. The summed E-state index contributed by atoms with van der Waals surface area (Å²) in [5, 5.41) is 0. The van der Waals surface area contributed by atoms with Crippen molar-refractivity contribution >= 4 is 21.4 Å². The van der Waals surface area contributed by atoms with Gasteiger partial charge in [0.2, 0.25) is 10.0 Å². The van der Waals surface area contributed by atoms with Crippen LogP contribution in [0.5, 0.6) is 0 Å². The van der Waals surface area contributed by atoms with Gasteiger partial charge in [-0.2, -0.15) is 0 Å². The second-order valence-electron chi connectivity index (χ2n) is 5.11. The molecule has 1 aromatic heterocycles. The Morgan fingerprint density at radius 2 is 2.22 bits per heavy atom. The Bertz CT molecular complexity index is 522. The largest absolute Gasteiger partial charge is 0.326 e. The summed E-state index contributed by atoms with van der Waals surface area (Å²) < 4.78 is 27.7. The maximum absolute atomic E-state index is 12.2. The van der Waals surface area contributed by atoms with Crippen molar-refractivity contribution in [3.05, 3.63) is 16.5 Å². The van der Waals surface area contributed by atoms with Gasteiger partial charge in [0.1, 0.15) is 4.21 Å². The molecule has 2 atom stereocenters. The van der Waals surface area contributed by atoms with Crippen molar-refractivity contribution in [3.63, 3.8) is 0 Å². The van der Waals surface area contributed by atoms with Crippen LogP contribution in [0.1, 0.15) is 36.6 Å². The lowest BCUT2D eigenvalue weighted by Gasteiger charge is -2.11. The third-order valence-electron chi connectivity index (χ3n) is 3.46. The molecule has 102 valence electrons. The molecule has 0 radical (unpaired) electrons. The fraction of sp³-hybridized carbons (Fsp3) is 0.667. The first kappa shape index (κ1) is 14.0. The van der Waals surface area contributed by atoms with E-state index in [9.17, 15) is 8.42 Å². The summed E-state index contributed by atoms with van der Waals surface area (Å²) in [7, 11) is -3.37. The summed E-state index contributed by atoms with van der Waals surface area (Å²) in [6.45, 7) is 4.46. The number of hydrogen-bond donors (Lipinski definition) is 2. The summed E-state index contributed by atoms with van der Waals surface area (Å²) in [6.07, 6.45) is 2.98. The molecule has 6 heteroatoms. The molecule has 1 fully saturated rings. The van der Waals surface area contributed by atoms with E-state index in [1.54, 1.807) is 6.07 Å². The minimum atomic E-state index is -3.37. The van der Waals surface area contributed by atoms with E-state index in [4.69, 9.17) is 5.73 Å². The van der Waals surface area contributed by atoms with Gasteiger partial charge in [-0.15, -0.1) is 11.3 Å². The molecule has 0 amide bonds. The van der Waals surface area contributed by atoms with Crippen molar-refractivity contribution in [2.24, 2.45) is 11.7 Å². The van der Waals surface area contributed by atoms with Gasteiger partial charge in [0.15, 0.2) is 0 Å². The van der Waals surface area contributed by atoms with Crippen LogP contribution < -0.4 is 10.5 Å². The predicted molar refractivity (Wildman–Crippen MR) is 74.1 cm³/mol. The van der Waals surface area contributed by atoms with Crippen molar-refractivity contribution < 1.29 is 8.42 Å². The maximum Gasteiger partial charge on any atom is 0.250 e. The highest BCUT2D eigenvalue weighted by Gasteiger charge is 2.27. The van der Waals surface area contributed by atoms with Crippen LogP contribution in [0.2, 0.25) is 0 Å². The predicted octanol–water partition coefficient (Wildman–Crippen LogP) is 1.98. The molecule has 2 unspecified atom stereocenters. The van der Waals surface area contributed by atoms with Crippen LogP contribution in [0, 0.1) is 12.8 Å². The van der Waals surface area contributed by atoms with Crippen LogP contribution >= 0.6 is 11.3 Å². The van der Waals surface area contributed by atoms with Crippen molar-refractivity contribution in [1.29, 1.82) is 0 Å². The molecule has 3 N–H and O–H groups in total. The van der Waals surface area contributed by atoms with Gasteiger partial charge in [-0.05, 0) is 43.7 Å². The molecule has 4 nitrogen and oxygen atoms in total. The highest BCUT2D eigenvalue weighted by Crippen LogP contribution is 2.29. The van der Waals surface area contributed by atoms with E-state index < -0.39 is 10.0 Å². The van der Waals surface area contributed by atoms with Gasteiger partial charge in [-0.3, -0.25) is 0 Å². The number of hydrogen-bond acceptors (Lipinski definition) is 4. The molecular formula is C12H20N2O2S2. The lowest BCUT2D eigenvalue weighted by atomic mass is 10.1. The molecule has 0 saturated heterocycles. The fourth-order valence-electron chi connectivity index (χ4n) is 2.42. The van der Waals surface area contributed by atoms with Crippen molar-refractivity contribution in [2.75, 3.05) is 0 Å². The normalized spacial score (nSPS) is 24.6.